The third-order valence-corrected chi connectivity index (χ3v) is 3.47. The number of para-hydroxylation sites is 2. The lowest BCUT2D eigenvalue weighted by Crippen LogP contribution is -1.98. The quantitative estimate of drug-likeness (QED) is 0.750. The molecule has 0 unspecified atom stereocenters. The van der Waals surface area contributed by atoms with E-state index >= 15 is 0 Å². The second kappa shape index (κ2) is 4.26. The normalized spacial score (nSPS) is 10.9. The third kappa shape index (κ3) is 1.88. The zero-order valence-electron chi connectivity index (χ0n) is 9.61. The van der Waals surface area contributed by atoms with Crippen LogP contribution in [0.15, 0.2) is 40.8 Å². The summed E-state index contributed by atoms with van der Waals surface area (Å²) in [6.45, 7) is 0. The molecule has 7 heteroatoms. The number of fused-ring (bicyclic) bond motifs is 1. The molecule has 0 radical (unpaired) electrons. The lowest BCUT2D eigenvalue weighted by molar-refractivity contribution is 0.787. The fraction of sp³-hybridized carbons (Fsp3) is 0.0909. The van der Waals surface area contributed by atoms with Crippen LogP contribution in [0, 0.1) is 0 Å². The number of aryl methyl sites for hydroxylation is 1. The van der Waals surface area contributed by atoms with E-state index in [0.717, 1.165) is 16.2 Å². The van der Waals surface area contributed by atoms with Crippen molar-refractivity contribution in [2.45, 2.75) is 10.2 Å². The summed E-state index contributed by atoms with van der Waals surface area (Å²) in [6, 6.07) is 7.62. The third-order valence-electron chi connectivity index (χ3n) is 2.42. The molecular formula is C11H10N6S. The molecule has 0 aliphatic carbocycles. The van der Waals surface area contributed by atoms with Gasteiger partial charge in [0.25, 0.3) is 0 Å². The van der Waals surface area contributed by atoms with Gasteiger partial charge in [0.2, 0.25) is 0 Å². The van der Waals surface area contributed by atoms with Gasteiger partial charge in [-0.2, -0.15) is 0 Å². The average Bonchev–Trinajstić information content (AvgIpc) is 2.76. The maximum absolute atomic E-state index is 5.90. The van der Waals surface area contributed by atoms with Gasteiger partial charge in [0, 0.05) is 7.05 Å². The van der Waals surface area contributed by atoms with Crippen molar-refractivity contribution >= 4 is 28.6 Å². The largest absolute Gasteiger partial charge is 0.381 e. The van der Waals surface area contributed by atoms with Crippen LogP contribution in [-0.4, -0.2) is 24.7 Å². The number of rotatable bonds is 2. The average molecular weight is 258 g/mol. The lowest BCUT2D eigenvalue weighted by Gasteiger charge is -2.04. The summed E-state index contributed by atoms with van der Waals surface area (Å²) in [6.07, 6.45) is 1.63. The van der Waals surface area contributed by atoms with E-state index < -0.39 is 0 Å². The standard InChI is InChI=1S/C11H10N6S/c1-17-6-13-16-11(17)18-10-9(12)14-7-4-2-3-5-8(7)15-10/h2-6H,1H3,(H2,12,14). The van der Waals surface area contributed by atoms with Gasteiger partial charge in [-0.05, 0) is 23.9 Å². The number of benzene rings is 1. The van der Waals surface area contributed by atoms with E-state index in [9.17, 15) is 0 Å². The van der Waals surface area contributed by atoms with E-state index in [1.54, 1.807) is 10.9 Å². The zero-order valence-corrected chi connectivity index (χ0v) is 10.4. The summed E-state index contributed by atoms with van der Waals surface area (Å²) >= 11 is 1.35. The van der Waals surface area contributed by atoms with Gasteiger partial charge < -0.3 is 10.3 Å². The summed E-state index contributed by atoms with van der Waals surface area (Å²) in [5.41, 5.74) is 7.51. The predicted octanol–water partition coefficient (Wildman–Crippen LogP) is 1.49. The first-order valence-electron chi connectivity index (χ1n) is 5.28. The van der Waals surface area contributed by atoms with Crippen LogP contribution in [0.4, 0.5) is 5.82 Å². The Morgan fingerprint density at radius 3 is 2.56 bits per heavy atom. The van der Waals surface area contributed by atoms with Crippen molar-refractivity contribution in [1.82, 2.24) is 24.7 Å². The van der Waals surface area contributed by atoms with Gasteiger partial charge in [0.1, 0.15) is 11.4 Å². The molecule has 0 saturated heterocycles. The Bertz CT molecular complexity index is 708. The first kappa shape index (κ1) is 11.0. The number of nitrogens with two attached hydrogens (primary N) is 1. The molecule has 2 N–H and O–H groups in total. The van der Waals surface area contributed by atoms with E-state index in [2.05, 4.69) is 20.2 Å². The molecule has 3 rings (SSSR count). The van der Waals surface area contributed by atoms with Gasteiger partial charge in [-0.25, -0.2) is 9.97 Å². The van der Waals surface area contributed by atoms with Crippen LogP contribution in [0.25, 0.3) is 11.0 Å². The number of anilines is 1. The van der Waals surface area contributed by atoms with E-state index in [1.807, 2.05) is 31.3 Å². The molecule has 0 amide bonds. The first-order chi connectivity index (χ1) is 8.74. The summed E-state index contributed by atoms with van der Waals surface area (Å²) in [5.74, 6) is 0.404. The molecular weight excluding hydrogens is 248 g/mol. The Morgan fingerprint density at radius 1 is 1.17 bits per heavy atom. The topological polar surface area (TPSA) is 82.5 Å². The van der Waals surface area contributed by atoms with Crippen molar-refractivity contribution in [1.29, 1.82) is 0 Å². The molecule has 0 bridgehead atoms. The molecule has 1 aromatic carbocycles. The number of aromatic nitrogens is 5. The summed E-state index contributed by atoms with van der Waals surface area (Å²) in [7, 11) is 1.87. The fourth-order valence-electron chi connectivity index (χ4n) is 1.52. The van der Waals surface area contributed by atoms with Gasteiger partial charge in [-0.15, -0.1) is 10.2 Å². The van der Waals surface area contributed by atoms with Crippen LogP contribution < -0.4 is 5.73 Å². The van der Waals surface area contributed by atoms with Gasteiger partial charge >= 0.3 is 0 Å². The van der Waals surface area contributed by atoms with Crippen LogP contribution in [0.2, 0.25) is 0 Å². The number of hydrogen-bond donors (Lipinski definition) is 1. The van der Waals surface area contributed by atoms with Crippen LogP contribution in [0.3, 0.4) is 0 Å². The van der Waals surface area contributed by atoms with Gasteiger partial charge in [-0.3, -0.25) is 0 Å². The van der Waals surface area contributed by atoms with E-state index in [-0.39, 0.29) is 0 Å². The second-order valence-electron chi connectivity index (χ2n) is 3.73. The predicted molar refractivity (Wildman–Crippen MR) is 69.1 cm³/mol. The molecule has 0 aliphatic rings. The summed E-state index contributed by atoms with van der Waals surface area (Å²) in [4.78, 5) is 8.81. The maximum atomic E-state index is 5.90. The van der Waals surface area contributed by atoms with Crippen LogP contribution in [0.5, 0.6) is 0 Å². The number of nitrogen functional groups attached to an aromatic ring is 1. The molecule has 0 fully saturated rings. The Labute approximate surface area is 107 Å². The van der Waals surface area contributed by atoms with Gasteiger partial charge in [0.15, 0.2) is 11.0 Å². The van der Waals surface area contributed by atoms with Crippen molar-refractivity contribution < 1.29 is 0 Å². The number of hydrogen-bond acceptors (Lipinski definition) is 6. The van der Waals surface area contributed by atoms with E-state index in [4.69, 9.17) is 5.73 Å². The minimum atomic E-state index is 0.404. The molecule has 2 aromatic heterocycles. The minimum absolute atomic E-state index is 0.404. The zero-order chi connectivity index (χ0) is 12.5. The highest BCUT2D eigenvalue weighted by molar-refractivity contribution is 7.99. The molecule has 0 spiro atoms. The maximum Gasteiger partial charge on any atom is 0.197 e. The molecule has 0 atom stereocenters. The highest BCUT2D eigenvalue weighted by Crippen LogP contribution is 2.28. The van der Waals surface area contributed by atoms with Crippen molar-refractivity contribution in [2.75, 3.05) is 5.73 Å². The smallest absolute Gasteiger partial charge is 0.197 e. The Kier molecular flexibility index (Phi) is 2.60. The van der Waals surface area contributed by atoms with Crippen molar-refractivity contribution in [3.8, 4) is 0 Å². The molecule has 3 aromatic rings. The number of nitrogens with zero attached hydrogens (tertiary/aromatic N) is 5. The summed E-state index contributed by atoms with van der Waals surface area (Å²) in [5, 5.41) is 9.17. The van der Waals surface area contributed by atoms with Crippen LogP contribution >= 0.6 is 11.8 Å². The molecule has 6 nitrogen and oxygen atoms in total. The molecule has 0 aliphatic heterocycles. The van der Waals surface area contributed by atoms with Crippen LogP contribution in [-0.2, 0) is 7.05 Å². The van der Waals surface area contributed by atoms with Crippen molar-refractivity contribution in [3.63, 3.8) is 0 Å². The molecule has 18 heavy (non-hydrogen) atoms. The minimum Gasteiger partial charge on any atom is -0.381 e. The monoisotopic (exact) mass is 258 g/mol. The molecule has 0 saturated carbocycles. The van der Waals surface area contributed by atoms with Crippen LogP contribution in [0.1, 0.15) is 0 Å². The second-order valence-corrected chi connectivity index (χ2v) is 4.69. The first-order valence-corrected chi connectivity index (χ1v) is 6.10. The van der Waals surface area contributed by atoms with Crippen molar-refractivity contribution in [3.05, 3.63) is 30.6 Å². The fourth-order valence-corrected chi connectivity index (χ4v) is 2.27. The van der Waals surface area contributed by atoms with E-state index in [0.29, 0.717) is 10.8 Å². The molecule has 2 heterocycles. The highest BCUT2D eigenvalue weighted by Gasteiger charge is 2.10. The lowest BCUT2D eigenvalue weighted by atomic mass is 10.3. The Balaban J connectivity index is 2.06. The van der Waals surface area contributed by atoms with E-state index in [1.165, 1.54) is 11.8 Å². The van der Waals surface area contributed by atoms with Gasteiger partial charge in [-0.1, -0.05) is 12.1 Å². The summed E-state index contributed by atoms with van der Waals surface area (Å²) < 4.78 is 1.81. The Hall–Kier alpha value is -2.15. The van der Waals surface area contributed by atoms with Gasteiger partial charge in [0.05, 0.1) is 11.0 Å². The highest BCUT2D eigenvalue weighted by atomic mass is 32.2. The van der Waals surface area contributed by atoms with Crippen molar-refractivity contribution in [2.24, 2.45) is 7.05 Å². The Morgan fingerprint density at radius 2 is 1.89 bits per heavy atom. The molecule has 90 valence electrons. The SMILES string of the molecule is Cn1cnnc1Sc1nc2ccccc2nc1N.